The van der Waals surface area contributed by atoms with Crippen molar-refractivity contribution >= 4 is 23.2 Å². The van der Waals surface area contributed by atoms with Crippen LogP contribution in [0.5, 0.6) is 0 Å². The highest BCUT2D eigenvalue weighted by atomic mass is 16.2. The van der Waals surface area contributed by atoms with Crippen LogP contribution in [0.15, 0.2) is 48.5 Å². The molecule has 0 unspecified atom stereocenters. The molecule has 1 heterocycles. The molecule has 5 heteroatoms. The first kappa shape index (κ1) is 20.5. The van der Waals surface area contributed by atoms with Crippen LogP contribution in [-0.4, -0.2) is 24.9 Å². The molecule has 0 bridgehead atoms. The van der Waals surface area contributed by atoms with Crippen molar-refractivity contribution in [2.75, 3.05) is 23.3 Å². The van der Waals surface area contributed by atoms with Crippen molar-refractivity contribution in [3.05, 3.63) is 59.7 Å². The van der Waals surface area contributed by atoms with Crippen molar-refractivity contribution in [2.45, 2.75) is 45.6 Å². The lowest BCUT2D eigenvalue weighted by Gasteiger charge is -2.33. The minimum atomic E-state index is -0.109. The summed E-state index contributed by atoms with van der Waals surface area (Å²) in [6.45, 7) is 6.17. The van der Waals surface area contributed by atoms with Gasteiger partial charge in [0.1, 0.15) is 0 Å². The van der Waals surface area contributed by atoms with Crippen LogP contribution in [0.4, 0.5) is 11.4 Å². The van der Waals surface area contributed by atoms with E-state index in [0.29, 0.717) is 17.2 Å². The molecule has 1 saturated heterocycles. The van der Waals surface area contributed by atoms with Gasteiger partial charge in [0.2, 0.25) is 5.91 Å². The van der Waals surface area contributed by atoms with Crippen LogP contribution < -0.4 is 15.5 Å². The number of benzene rings is 2. The minimum Gasteiger partial charge on any atom is -0.371 e. The van der Waals surface area contributed by atoms with E-state index in [-0.39, 0.29) is 23.8 Å². The fourth-order valence-corrected chi connectivity index (χ4v) is 4.01. The molecule has 1 atom stereocenters. The summed E-state index contributed by atoms with van der Waals surface area (Å²) in [5.41, 5.74) is 3.33. The number of amides is 2. The summed E-state index contributed by atoms with van der Waals surface area (Å²) in [7, 11) is 0. The number of nitrogens with one attached hydrogen (secondary N) is 2. The van der Waals surface area contributed by atoms with Gasteiger partial charge in [-0.05, 0) is 62.3 Å². The topological polar surface area (TPSA) is 61.4 Å². The third-order valence-corrected chi connectivity index (χ3v) is 6.23. The van der Waals surface area contributed by atoms with E-state index in [1.54, 1.807) is 0 Å². The molecule has 2 aliphatic rings. The third kappa shape index (κ3) is 4.84. The summed E-state index contributed by atoms with van der Waals surface area (Å²) >= 11 is 0. The molecule has 2 fully saturated rings. The summed E-state index contributed by atoms with van der Waals surface area (Å²) < 4.78 is 0. The largest absolute Gasteiger partial charge is 0.371 e. The van der Waals surface area contributed by atoms with Gasteiger partial charge in [-0.15, -0.1) is 0 Å². The number of rotatable bonds is 6. The Labute approximate surface area is 178 Å². The Bertz CT molecular complexity index is 900. The highest BCUT2D eigenvalue weighted by Crippen LogP contribution is 2.32. The molecule has 2 aromatic rings. The predicted molar refractivity (Wildman–Crippen MR) is 121 cm³/mol. The number of carbonyl (C=O) groups excluding carboxylic acids is 2. The van der Waals surface area contributed by atoms with E-state index in [1.807, 2.05) is 55.5 Å². The van der Waals surface area contributed by atoms with Gasteiger partial charge in [0.05, 0.1) is 11.6 Å². The second-order valence-electron chi connectivity index (χ2n) is 8.77. The van der Waals surface area contributed by atoms with Crippen molar-refractivity contribution in [3.8, 4) is 0 Å². The van der Waals surface area contributed by atoms with Crippen molar-refractivity contribution < 1.29 is 9.59 Å². The lowest BCUT2D eigenvalue weighted by atomic mass is 9.97. The average molecular weight is 406 g/mol. The van der Waals surface area contributed by atoms with Crippen molar-refractivity contribution in [1.29, 1.82) is 0 Å². The van der Waals surface area contributed by atoms with E-state index in [9.17, 15) is 9.59 Å². The first-order chi connectivity index (χ1) is 14.5. The first-order valence-electron chi connectivity index (χ1n) is 11.1. The van der Waals surface area contributed by atoms with E-state index >= 15 is 0 Å². The molecule has 2 aromatic carbocycles. The summed E-state index contributed by atoms with van der Waals surface area (Å²) in [6.07, 6.45) is 4.17. The highest BCUT2D eigenvalue weighted by Gasteiger charge is 2.30. The molecule has 0 aromatic heterocycles. The van der Waals surface area contributed by atoms with Crippen LogP contribution >= 0.6 is 0 Å². The van der Waals surface area contributed by atoms with Crippen LogP contribution in [0.2, 0.25) is 0 Å². The lowest BCUT2D eigenvalue weighted by Crippen LogP contribution is -2.35. The zero-order chi connectivity index (χ0) is 21.1. The second-order valence-corrected chi connectivity index (χ2v) is 8.77. The van der Waals surface area contributed by atoms with E-state index in [1.165, 1.54) is 0 Å². The molecule has 30 heavy (non-hydrogen) atoms. The average Bonchev–Trinajstić information content (AvgIpc) is 3.60. The van der Waals surface area contributed by atoms with Gasteiger partial charge in [0.25, 0.3) is 5.91 Å². The van der Waals surface area contributed by atoms with Gasteiger partial charge >= 0.3 is 0 Å². The quantitative estimate of drug-likeness (QED) is 0.728. The van der Waals surface area contributed by atoms with Crippen molar-refractivity contribution in [2.24, 2.45) is 11.8 Å². The standard InChI is InChI=1S/C25H31N3O2/c1-17-12-14-28(15-13-17)23-11-10-21(27-24(29)20-8-9-20)16-22(23)25(30)26-18(2)19-6-4-3-5-7-19/h3-7,10-11,16-18,20H,8-9,12-15H2,1-2H3,(H,26,30)(H,27,29)/t18-/m1/s1. The SMILES string of the molecule is CC1CCN(c2ccc(NC(=O)C3CC3)cc2C(=O)N[C@H](C)c2ccccc2)CC1. The molecular weight excluding hydrogens is 374 g/mol. The van der Waals surface area contributed by atoms with Crippen molar-refractivity contribution in [3.63, 3.8) is 0 Å². The van der Waals surface area contributed by atoms with Gasteiger partial charge in [-0.3, -0.25) is 9.59 Å². The summed E-state index contributed by atoms with van der Waals surface area (Å²) in [4.78, 5) is 27.8. The molecule has 1 saturated carbocycles. The maximum absolute atomic E-state index is 13.3. The van der Waals surface area contributed by atoms with Crippen LogP contribution in [0.3, 0.4) is 0 Å². The fourth-order valence-electron chi connectivity index (χ4n) is 4.01. The van der Waals surface area contributed by atoms with Crippen LogP contribution in [-0.2, 0) is 4.79 Å². The minimum absolute atomic E-state index is 0.0542. The Kier molecular flexibility index (Phi) is 6.07. The smallest absolute Gasteiger partial charge is 0.253 e. The number of piperidine rings is 1. The van der Waals surface area contributed by atoms with Gasteiger partial charge in [-0.25, -0.2) is 0 Å². The fraction of sp³-hybridized carbons (Fsp3) is 0.440. The Morgan fingerprint density at radius 2 is 1.70 bits per heavy atom. The number of nitrogens with zero attached hydrogens (tertiary/aromatic N) is 1. The highest BCUT2D eigenvalue weighted by molar-refractivity contribution is 6.02. The number of hydrogen-bond acceptors (Lipinski definition) is 3. The van der Waals surface area contributed by atoms with Crippen LogP contribution in [0.25, 0.3) is 0 Å². The summed E-state index contributed by atoms with van der Waals surface area (Å²) in [5, 5.41) is 6.12. The van der Waals surface area contributed by atoms with Crippen LogP contribution in [0.1, 0.15) is 61.5 Å². The Balaban J connectivity index is 1.57. The zero-order valence-corrected chi connectivity index (χ0v) is 17.9. The van der Waals surface area contributed by atoms with Crippen LogP contribution in [0, 0.1) is 11.8 Å². The molecule has 2 N–H and O–H groups in total. The number of anilines is 2. The number of hydrogen-bond donors (Lipinski definition) is 2. The third-order valence-electron chi connectivity index (χ3n) is 6.23. The normalized spacial score (nSPS) is 18.0. The summed E-state index contributed by atoms with van der Waals surface area (Å²) in [6, 6.07) is 15.6. The van der Waals surface area contributed by atoms with Gasteiger partial charge < -0.3 is 15.5 Å². The van der Waals surface area contributed by atoms with Gasteiger partial charge in [0.15, 0.2) is 0 Å². The molecule has 2 amide bonds. The van der Waals surface area contributed by atoms with E-state index in [4.69, 9.17) is 0 Å². The Morgan fingerprint density at radius 1 is 1.00 bits per heavy atom. The maximum atomic E-state index is 13.3. The van der Waals surface area contributed by atoms with E-state index in [0.717, 1.165) is 50.0 Å². The Morgan fingerprint density at radius 3 is 2.37 bits per heavy atom. The molecular formula is C25H31N3O2. The van der Waals surface area contributed by atoms with Gasteiger partial charge in [-0.2, -0.15) is 0 Å². The molecule has 5 nitrogen and oxygen atoms in total. The molecule has 158 valence electrons. The monoisotopic (exact) mass is 405 g/mol. The predicted octanol–water partition coefficient (Wildman–Crippen LogP) is 4.76. The molecule has 0 radical (unpaired) electrons. The van der Waals surface area contributed by atoms with E-state index < -0.39 is 0 Å². The molecule has 0 spiro atoms. The molecule has 1 aliphatic heterocycles. The first-order valence-corrected chi connectivity index (χ1v) is 11.1. The zero-order valence-electron chi connectivity index (χ0n) is 17.9. The van der Waals surface area contributed by atoms with Crippen molar-refractivity contribution in [1.82, 2.24) is 5.32 Å². The summed E-state index contributed by atoms with van der Waals surface area (Å²) in [5.74, 6) is 0.790. The Hall–Kier alpha value is -2.82. The van der Waals surface area contributed by atoms with Gasteiger partial charge in [-0.1, -0.05) is 37.3 Å². The lowest BCUT2D eigenvalue weighted by molar-refractivity contribution is -0.117. The number of carbonyl (C=O) groups is 2. The maximum Gasteiger partial charge on any atom is 0.253 e. The van der Waals surface area contributed by atoms with E-state index in [2.05, 4.69) is 22.5 Å². The van der Waals surface area contributed by atoms with Gasteiger partial charge in [0, 0.05) is 30.4 Å². The molecule has 4 rings (SSSR count). The molecule has 1 aliphatic carbocycles. The second kappa shape index (κ2) is 8.90.